The van der Waals surface area contributed by atoms with E-state index in [9.17, 15) is 28.0 Å². The van der Waals surface area contributed by atoms with Crippen LogP contribution < -0.4 is 21.3 Å². The molecule has 2 atom stereocenters. The lowest BCUT2D eigenvalue weighted by atomic mass is 10.1. The van der Waals surface area contributed by atoms with E-state index >= 15 is 0 Å². The van der Waals surface area contributed by atoms with Crippen LogP contribution in [0, 0.1) is 46.3 Å². The second-order valence-corrected chi connectivity index (χ2v) is 19.4. The summed E-state index contributed by atoms with van der Waals surface area (Å²) >= 11 is 0. The number of anilines is 4. The molecule has 16 nitrogen and oxygen atoms in total. The van der Waals surface area contributed by atoms with Crippen LogP contribution in [0.25, 0.3) is 0 Å². The molecule has 7 aromatic rings. The van der Waals surface area contributed by atoms with Gasteiger partial charge in [0, 0.05) is 111 Å². The molecule has 2 aliphatic heterocycles. The van der Waals surface area contributed by atoms with Gasteiger partial charge >= 0.3 is 24.2 Å². The summed E-state index contributed by atoms with van der Waals surface area (Å²) in [5.74, 6) is -0.969. The summed E-state index contributed by atoms with van der Waals surface area (Å²) in [4.78, 5) is 62.7. The largest absolute Gasteiger partial charge is 0.465 e. The summed E-state index contributed by atoms with van der Waals surface area (Å²) in [7, 11) is 1.36. The van der Waals surface area contributed by atoms with Crippen LogP contribution in [0.5, 0.6) is 0 Å². The van der Waals surface area contributed by atoms with Crippen molar-refractivity contribution in [2.75, 3.05) is 67.6 Å². The molecule has 18 heteroatoms. The Morgan fingerprint density at radius 2 is 0.900 bits per heavy atom. The zero-order valence-corrected chi connectivity index (χ0v) is 46.8. The monoisotopic (exact) mass is 1090 g/mol. The maximum absolute atomic E-state index is 15.0. The second kappa shape index (κ2) is 32.2. The first-order valence-corrected chi connectivity index (χ1v) is 26.3. The first-order valence-electron chi connectivity index (χ1n) is 26.3. The predicted molar refractivity (Wildman–Crippen MR) is 313 cm³/mol. The van der Waals surface area contributed by atoms with Crippen LogP contribution in [0.4, 0.5) is 50.7 Å². The fraction of sp³-hybridized carbons (Fsp3) is 0.290. The molecule has 5 N–H and O–H groups in total. The number of nitrogens with one attached hydrogen (secondary N) is 4. The number of carboxylic acid groups (broad SMARTS) is 1. The number of halogens is 2. The fourth-order valence-electron chi connectivity index (χ4n) is 8.52. The van der Waals surface area contributed by atoms with Gasteiger partial charge in [0.2, 0.25) is 0 Å². The van der Waals surface area contributed by atoms with Crippen LogP contribution in [0.15, 0.2) is 164 Å². The number of rotatable bonds is 8. The Kier molecular flexibility index (Phi) is 25.0. The van der Waals surface area contributed by atoms with Crippen LogP contribution in [-0.2, 0) is 17.8 Å². The minimum absolute atomic E-state index is 0.0369. The molecule has 9 rings (SSSR count). The van der Waals surface area contributed by atoms with Crippen molar-refractivity contribution in [1.29, 1.82) is 0 Å². The predicted octanol–water partition coefficient (Wildman–Crippen LogP) is 12.8. The molecule has 0 aliphatic carbocycles. The Morgan fingerprint density at radius 1 is 0.525 bits per heavy atom. The first kappa shape index (κ1) is 62.1. The highest BCUT2D eigenvalue weighted by Crippen LogP contribution is 2.24. The highest BCUT2D eigenvalue weighted by Gasteiger charge is 2.29. The summed E-state index contributed by atoms with van der Waals surface area (Å²) in [6.07, 6.45) is 1.88. The third-order valence-corrected chi connectivity index (χ3v) is 12.7. The zero-order valence-electron chi connectivity index (χ0n) is 46.8. The van der Waals surface area contributed by atoms with Crippen LogP contribution >= 0.6 is 0 Å². The van der Waals surface area contributed by atoms with E-state index in [2.05, 4.69) is 93.3 Å². The van der Waals surface area contributed by atoms with E-state index in [1.54, 1.807) is 65.8 Å². The van der Waals surface area contributed by atoms with Crippen molar-refractivity contribution in [3.63, 3.8) is 0 Å². The summed E-state index contributed by atoms with van der Waals surface area (Å²) in [5.41, 5.74) is 7.75. The average Bonchev–Trinajstić information content (AvgIpc) is 3.45. The number of carbonyl (C=O) groups is 4. The number of urea groups is 2. The molecule has 6 amide bonds. The Balaban J connectivity index is 0.000000215. The summed E-state index contributed by atoms with van der Waals surface area (Å²) < 4.78 is 34.7. The molecule has 2 aliphatic rings. The number of benzene rings is 5. The highest BCUT2D eigenvalue weighted by molar-refractivity contribution is 6.00. The number of ether oxygens (including phenoxy) is 1. The van der Waals surface area contributed by atoms with Crippen molar-refractivity contribution in [3.05, 3.63) is 215 Å². The molecule has 4 heterocycles. The first-order chi connectivity index (χ1) is 38.4. The third kappa shape index (κ3) is 21.2. The molecule has 0 bridgehead atoms. The van der Waals surface area contributed by atoms with Crippen molar-refractivity contribution in [2.24, 2.45) is 0 Å². The number of aryl methyl sites for hydroxylation is 5. The molecule has 422 valence electrons. The SMILES string of the molecule is COC(=O)N1CCN(Cc2cccc(NC(=O)Nc3ccnc(C)c3)c2F)C[C@H]1C.Cc1cc(NC(=O)Nc2cccc(CN3CCN(C(=O)O)[C@H](C)C3)c2F)ccn1.Cc1ccccc1.Cc1ccccc1.Cc1ccccc1. The van der Waals surface area contributed by atoms with Gasteiger partial charge in [-0.2, -0.15) is 0 Å². The maximum atomic E-state index is 15.0. The molecule has 0 saturated carbocycles. The number of amides is 6. The van der Waals surface area contributed by atoms with Crippen molar-refractivity contribution in [3.8, 4) is 0 Å². The Labute approximate surface area is 468 Å². The number of pyridine rings is 2. The quantitative estimate of drug-likeness (QED) is 0.0981. The Hall–Kier alpha value is -8.74. The zero-order chi connectivity index (χ0) is 58.0. The van der Waals surface area contributed by atoms with E-state index in [1.807, 2.05) is 87.2 Å². The normalized spacial score (nSPS) is 14.8. The van der Waals surface area contributed by atoms with Gasteiger partial charge in [0.15, 0.2) is 11.6 Å². The lowest BCUT2D eigenvalue weighted by Crippen LogP contribution is -2.53. The number of nitrogens with zero attached hydrogens (tertiary/aromatic N) is 6. The minimum Gasteiger partial charge on any atom is -0.465 e. The second-order valence-electron chi connectivity index (χ2n) is 19.4. The Bertz CT molecular complexity index is 2960. The van der Waals surface area contributed by atoms with E-state index in [-0.39, 0.29) is 29.6 Å². The van der Waals surface area contributed by atoms with Gasteiger partial charge in [-0.1, -0.05) is 132 Å². The number of piperazine rings is 2. The number of carbonyl (C=O) groups excluding carboxylic acids is 3. The average molecular weight is 1090 g/mol. The molecule has 0 spiro atoms. The molecule has 2 saturated heterocycles. The number of aromatic nitrogens is 2. The van der Waals surface area contributed by atoms with Crippen LogP contribution in [0.1, 0.15) is 53.1 Å². The fourth-order valence-corrected chi connectivity index (χ4v) is 8.52. The standard InChI is InChI=1S/C21H26FN5O3.C20H24FN5O3.3C7H8/c1-14-11-17(7-8-23-14)24-20(28)25-18-6-4-5-16(19(18)22)13-26-9-10-27(15(2)12-26)21(29)30-3;1-13-10-16(6-7-22-13)23-19(27)24-17-5-3-4-15(18(17)21)12-25-8-9-26(20(28)29)14(2)11-25;3*1-7-5-3-2-4-6-7/h4-8,11,15H,9-10,12-13H2,1-3H3,(H2,23,24,25,28);3-7,10,14H,8-9,11-12H2,1-2H3,(H,28,29)(H2,22,23,24,27);3*2-6H,1H3/t15-;14-;;;/m11.../s1. The van der Waals surface area contributed by atoms with Gasteiger partial charge < -0.3 is 40.9 Å². The van der Waals surface area contributed by atoms with Gasteiger partial charge in [0.1, 0.15) is 0 Å². The molecule has 2 aromatic heterocycles. The van der Waals surface area contributed by atoms with Crippen molar-refractivity contribution < 1.29 is 37.8 Å². The third-order valence-electron chi connectivity index (χ3n) is 12.7. The van der Waals surface area contributed by atoms with Gasteiger partial charge in [-0.3, -0.25) is 19.8 Å². The minimum atomic E-state index is -0.940. The van der Waals surface area contributed by atoms with E-state index in [0.717, 1.165) is 11.4 Å². The molecular weight excluding hydrogens is 1020 g/mol. The van der Waals surface area contributed by atoms with Gasteiger partial charge in [-0.25, -0.2) is 28.0 Å². The van der Waals surface area contributed by atoms with E-state index in [0.29, 0.717) is 74.9 Å². The molecule has 2 fully saturated rings. The lowest BCUT2D eigenvalue weighted by molar-refractivity contribution is 0.0600. The molecule has 0 radical (unpaired) electrons. The summed E-state index contributed by atoms with van der Waals surface area (Å²) in [5, 5.41) is 19.6. The highest BCUT2D eigenvalue weighted by atomic mass is 19.1. The van der Waals surface area contributed by atoms with E-state index < -0.39 is 29.8 Å². The van der Waals surface area contributed by atoms with Gasteiger partial charge in [-0.05, 0) is 84.9 Å². The smallest absolute Gasteiger partial charge is 0.409 e. The lowest BCUT2D eigenvalue weighted by Gasteiger charge is -2.39. The molecule has 80 heavy (non-hydrogen) atoms. The van der Waals surface area contributed by atoms with Gasteiger partial charge in [0.05, 0.1) is 18.5 Å². The van der Waals surface area contributed by atoms with Gasteiger partial charge in [-0.15, -0.1) is 0 Å². The van der Waals surface area contributed by atoms with Gasteiger partial charge in [0.25, 0.3) is 0 Å². The summed E-state index contributed by atoms with van der Waals surface area (Å²) in [6.45, 7) is 17.5. The van der Waals surface area contributed by atoms with Crippen LogP contribution in [-0.4, -0.2) is 117 Å². The van der Waals surface area contributed by atoms with Crippen molar-refractivity contribution in [2.45, 2.75) is 73.6 Å². The van der Waals surface area contributed by atoms with Crippen molar-refractivity contribution in [1.82, 2.24) is 29.6 Å². The number of methoxy groups -OCH3 is 1. The number of hydrogen-bond acceptors (Lipinski definition) is 9. The van der Waals surface area contributed by atoms with Crippen molar-refractivity contribution >= 4 is 47.0 Å². The number of hydrogen-bond donors (Lipinski definition) is 5. The van der Waals surface area contributed by atoms with E-state index in [1.165, 1.54) is 40.8 Å². The molecule has 0 unspecified atom stereocenters. The summed E-state index contributed by atoms with van der Waals surface area (Å²) in [6, 6.07) is 46.0. The molecule has 5 aromatic carbocycles. The van der Waals surface area contributed by atoms with E-state index in [4.69, 9.17) is 9.84 Å². The maximum Gasteiger partial charge on any atom is 0.409 e. The topological polar surface area (TPSA) is 185 Å². The van der Waals surface area contributed by atoms with Crippen LogP contribution in [0.2, 0.25) is 0 Å². The van der Waals surface area contributed by atoms with Crippen LogP contribution in [0.3, 0.4) is 0 Å². The molecular formula is C62H74F2N10O6. The Morgan fingerprint density at radius 3 is 1.21 bits per heavy atom.